The number of anilines is 1. The molecule has 0 saturated carbocycles. The Bertz CT molecular complexity index is 832. The number of likely N-dealkylation sites (tertiary alicyclic amines) is 1. The highest BCUT2D eigenvalue weighted by molar-refractivity contribution is 6.07. The molecule has 1 atom stereocenters. The van der Waals surface area contributed by atoms with E-state index in [0.29, 0.717) is 26.2 Å². The molecule has 3 heterocycles. The maximum atomic E-state index is 12.8. The van der Waals surface area contributed by atoms with Gasteiger partial charge in [0.1, 0.15) is 0 Å². The van der Waals surface area contributed by atoms with Gasteiger partial charge >= 0.3 is 0 Å². The van der Waals surface area contributed by atoms with E-state index in [0.717, 1.165) is 24.1 Å². The number of piperidine rings is 1. The molecule has 8 heteroatoms. The first-order chi connectivity index (χ1) is 12.1. The summed E-state index contributed by atoms with van der Waals surface area (Å²) in [7, 11) is 0. The fourth-order valence-electron chi connectivity index (χ4n) is 3.81. The van der Waals surface area contributed by atoms with E-state index in [-0.39, 0.29) is 17.5 Å². The molecule has 1 aromatic heterocycles. The quantitative estimate of drug-likeness (QED) is 0.839. The number of nitrogens with one attached hydrogen (secondary N) is 1. The number of rotatable bonds is 3. The van der Waals surface area contributed by atoms with Crippen molar-refractivity contribution in [2.45, 2.75) is 24.8 Å². The molecule has 1 spiro atoms. The number of hydrogen-bond acceptors (Lipinski definition) is 5. The van der Waals surface area contributed by atoms with Crippen LogP contribution in [0.15, 0.2) is 30.5 Å². The van der Waals surface area contributed by atoms with Crippen molar-refractivity contribution < 1.29 is 9.59 Å². The standard InChI is InChI=1S/C17H20N6O2/c18-7-9-23-10-14(20-21-23)15(24)22-8-3-6-17(11-22)12-4-1-2-5-13(12)19-16(17)25/h1-2,4-5,10H,3,6-9,11,18H2,(H,19,25)/t17-/m1/s1. The van der Waals surface area contributed by atoms with Gasteiger partial charge in [-0.05, 0) is 24.5 Å². The maximum Gasteiger partial charge on any atom is 0.276 e. The second kappa shape index (κ2) is 5.96. The largest absolute Gasteiger partial charge is 0.336 e. The third-order valence-corrected chi connectivity index (χ3v) is 5.02. The minimum atomic E-state index is -0.669. The molecule has 2 aliphatic rings. The van der Waals surface area contributed by atoms with Crippen LogP contribution in [-0.4, -0.2) is 51.3 Å². The van der Waals surface area contributed by atoms with E-state index in [2.05, 4.69) is 15.6 Å². The van der Waals surface area contributed by atoms with E-state index in [1.807, 2.05) is 24.3 Å². The summed E-state index contributed by atoms with van der Waals surface area (Å²) in [6, 6.07) is 7.71. The van der Waals surface area contributed by atoms with Crippen molar-refractivity contribution in [1.29, 1.82) is 0 Å². The number of benzene rings is 1. The van der Waals surface area contributed by atoms with Gasteiger partial charge in [-0.2, -0.15) is 0 Å². The monoisotopic (exact) mass is 340 g/mol. The number of nitrogens with zero attached hydrogens (tertiary/aromatic N) is 4. The van der Waals surface area contributed by atoms with Gasteiger partial charge in [-0.25, -0.2) is 0 Å². The Balaban J connectivity index is 1.61. The van der Waals surface area contributed by atoms with Gasteiger partial charge in [-0.3, -0.25) is 14.3 Å². The number of fused-ring (bicyclic) bond motifs is 2. The summed E-state index contributed by atoms with van der Waals surface area (Å²) in [4.78, 5) is 27.2. The average Bonchev–Trinajstić information content (AvgIpc) is 3.19. The SMILES string of the molecule is NCCn1cc(C(=O)N2CCC[C@]3(C2)C(=O)Nc2ccccc23)nn1. The summed E-state index contributed by atoms with van der Waals surface area (Å²) in [5.41, 5.74) is 6.94. The van der Waals surface area contributed by atoms with E-state index < -0.39 is 5.41 Å². The molecule has 2 aliphatic heterocycles. The molecule has 8 nitrogen and oxygen atoms in total. The van der Waals surface area contributed by atoms with Gasteiger partial charge in [0.25, 0.3) is 5.91 Å². The Morgan fingerprint density at radius 1 is 1.36 bits per heavy atom. The molecule has 25 heavy (non-hydrogen) atoms. The minimum Gasteiger partial charge on any atom is -0.336 e. The predicted molar refractivity (Wildman–Crippen MR) is 91.0 cm³/mol. The first-order valence-electron chi connectivity index (χ1n) is 8.44. The summed E-state index contributed by atoms with van der Waals surface area (Å²) in [5, 5.41) is 10.8. The Labute approximate surface area is 145 Å². The van der Waals surface area contributed by atoms with E-state index in [9.17, 15) is 9.59 Å². The number of amides is 2. The first-order valence-corrected chi connectivity index (χ1v) is 8.44. The molecule has 0 unspecified atom stereocenters. The molecule has 1 fully saturated rings. The number of carbonyl (C=O) groups excluding carboxylic acids is 2. The van der Waals surface area contributed by atoms with Gasteiger partial charge in [-0.1, -0.05) is 23.4 Å². The second-order valence-electron chi connectivity index (χ2n) is 6.57. The van der Waals surface area contributed by atoms with Crippen LogP contribution in [0, 0.1) is 0 Å². The number of hydrogen-bond donors (Lipinski definition) is 2. The van der Waals surface area contributed by atoms with Gasteiger partial charge in [0.2, 0.25) is 5.91 Å². The van der Waals surface area contributed by atoms with Crippen molar-refractivity contribution in [1.82, 2.24) is 19.9 Å². The Hall–Kier alpha value is -2.74. The lowest BCUT2D eigenvalue weighted by Gasteiger charge is -2.38. The lowest BCUT2D eigenvalue weighted by Crippen LogP contribution is -2.52. The average molecular weight is 340 g/mol. The molecular weight excluding hydrogens is 320 g/mol. The van der Waals surface area contributed by atoms with Gasteiger partial charge in [-0.15, -0.1) is 5.10 Å². The molecule has 3 N–H and O–H groups in total. The summed E-state index contributed by atoms with van der Waals surface area (Å²) in [6.07, 6.45) is 3.11. The lowest BCUT2D eigenvalue weighted by atomic mass is 9.75. The normalized spacial score (nSPS) is 22.1. The summed E-state index contributed by atoms with van der Waals surface area (Å²) in [5.74, 6) is -0.225. The molecular formula is C17H20N6O2. The number of para-hydroxylation sites is 1. The zero-order chi connectivity index (χ0) is 17.4. The third-order valence-electron chi connectivity index (χ3n) is 5.02. The smallest absolute Gasteiger partial charge is 0.276 e. The Morgan fingerprint density at radius 3 is 3.04 bits per heavy atom. The van der Waals surface area contributed by atoms with Crippen molar-refractivity contribution in [2.75, 3.05) is 25.0 Å². The van der Waals surface area contributed by atoms with E-state index in [1.165, 1.54) is 0 Å². The molecule has 0 aliphatic carbocycles. The Kier molecular flexibility index (Phi) is 3.76. The molecule has 2 aromatic rings. The zero-order valence-corrected chi connectivity index (χ0v) is 13.8. The van der Waals surface area contributed by atoms with Crippen LogP contribution in [-0.2, 0) is 16.8 Å². The van der Waals surface area contributed by atoms with Crippen LogP contribution < -0.4 is 11.1 Å². The fourth-order valence-corrected chi connectivity index (χ4v) is 3.81. The molecule has 0 radical (unpaired) electrons. The van der Waals surface area contributed by atoms with Crippen LogP contribution in [0.3, 0.4) is 0 Å². The maximum absolute atomic E-state index is 12.8. The lowest BCUT2D eigenvalue weighted by molar-refractivity contribution is -0.122. The molecule has 4 rings (SSSR count). The van der Waals surface area contributed by atoms with E-state index in [1.54, 1.807) is 15.8 Å². The van der Waals surface area contributed by atoms with Gasteiger partial charge in [0.15, 0.2) is 5.69 Å². The van der Waals surface area contributed by atoms with Crippen LogP contribution in [0.2, 0.25) is 0 Å². The highest BCUT2D eigenvalue weighted by Gasteiger charge is 2.50. The molecule has 1 aromatic carbocycles. The number of carbonyl (C=O) groups is 2. The first kappa shape index (κ1) is 15.8. The molecule has 2 amide bonds. The topological polar surface area (TPSA) is 106 Å². The van der Waals surface area contributed by atoms with Crippen LogP contribution in [0.5, 0.6) is 0 Å². The van der Waals surface area contributed by atoms with E-state index in [4.69, 9.17) is 5.73 Å². The zero-order valence-electron chi connectivity index (χ0n) is 13.8. The second-order valence-corrected chi connectivity index (χ2v) is 6.57. The minimum absolute atomic E-state index is 0.0296. The van der Waals surface area contributed by atoms with Crippen molar-refractivity contribution in [2.24, 2.45) is 5.73 Å². The van der Waals surface area contributed by atoms with Gasteiger partial charge < -0.3 is 16.0 Å². The predicted octanol–water partition coefficient (Wildman–Crippen LogP) is 0.363. The van der Waals surface area contributed by atoms with Gasteiger partial charge in [0, 0.05) is 25.3 Å². The highest BCUT2D eigenvalue weighted by atomic mass is 16.2. The summed E-state index contributed by atoms with van der Waals surface area (Å²) >= 11 is 0. The molecule has 130 valence electrons. The van der Waals surface area contributed by atoms with Gasteiger partial charge in [0.05, 0.1) is 18.2 Å². The van der Waals surface area contributed by atoms with Crippen LogP contribution >= 0.6 is 0 Å². The van der Waals surface area contributed by atoms with Crippen molar-refractivity contribution in [3.8, 4) is 0 Å². The van der Waals surface area contributed by atoms with Crippen LogP contribution in [0.4, 0.5) is 5.69 Å². The molecule has 0 bridgehead atoms. The van der Waals surface area contributed by atoms with Crippen molar-refractivity contribution >= 4 is 17.5 Å². The Morgan fingerprint density at radius 2 is 2.20 bits per heavy atom. The summed E-state index contributed by atoms with van der Waals surface area (Å²) < 4.78 is 1.56. The fraction of sp³-hybridized carbons (Fsp3) is 0.412. The number of nitrogens with two attached hydrogens (primary N) is 1. The van der Waals surface area contributed by atoms with Crippen molar-refractivity contribution in [3.63, 3.8) is 0 Å². The molecule has 1 saturated heterocycles. The highest BCUT2D eigenvalue weighted by Crippen LogP contribution is 2.43. The van der Waals surface area contributed by atoms with Crippen molar-refractivity contribution in [3.05, 3.63) is 41.7 Å². The summed E-state index contributed by atoms with van der Waals surface area (Å²) in [6.45, 7) is 1.92. The van der Waals surface area contributed by atoms with Crippen LogP contribution in [0.25, 0.3) is 0 Å². The van der Waals surface area contributed by atoms with Crippen LogP contribution in [0.1, 0.15) is 28.9 Å². The number of aromatic nitrogens is 3. The van der Waals surface area contributed by atoms with E-state index >= 15 is 0 Å². The third kappa shape index (κ3) is 2.49.